The maximum Gasteiger partial charge on any atom is 0.253 e. The van der Waals surface area contributed by atoms with Crippen molar-refractivity contribution in [3.05, 3.63) is 64.7 Å². The number of nitrogens with one attached hydrogen (secondary N) is 1. The zero-order valence-electron chi connectivity index (χ0n) is 15.6. The standard InChI is InChI=1S/C21H24ClN3O2/c1-24(2)21(27)16-7-4-9-18(13-16)23-20(26)14-25-11-5-10-19(25)15-6-3-8-17(22)12-15/h3-4,6-9,12-13,19H,5,10-11,14H2,1-2H3,(H,23,26). The second kappa shape index (κ2) is 8.55. The van der Waals surface area contributed by atoms with Gasteiger partial charge in [0, 0.05) is 36.4 Å². The summed E-state index contributed by atoms with van der Waals surface area (Å²) in [5.41, 5.74) is 2.33. The van der Waals surface area contributed by atoms with Crippen molar-refractivity contribution in [1.82, 2.24) is 9.80 Å². The van der Waals surface area contributed by atoms with Gasteiger partial charge >= 0.3 is 0 Å². The van der Waals surface area contributed by atoms with Gasteiger partial charge in [-0.25, -0.2) is 0 Å². The molecule has 1 saturated heterocycles. The number of hydrogen-bond acceptors (Lipinski definition) is 3. The SMILES string of the molecule is CN(C)C(=O)c1cccc(NC(=O)CN2CCCC2c2cccc(Cl)c2)c1. The minimum absolute atomic E-state index is 0.0848. The van der Waals surface area contributed by atoms with E-state index in [-0.39, 0.29) is 17.9 Å². The maximum absolute atomic E-state index is 12.6. The van der Waals surface area contributed by atoms with Gasteiger partial charge in [0.2, 0.25) is 5.91 Å². The number of likely N-dealkylation sites (tertiary alicyclic amines) is 1. The lowest BCUT2D eigenvalue weighted by Gasteiger charge is -2.24. The van der Waals surface area contributed by atoms with E-state index in [0.29, 0.717) is 22.8 Å². The molecule has 0 aliphatic carbocycles. The van der Waals surface area contributed by atoms with Gasteiger partial charge in [-0.3, -0.25) is 14.5 Å². The fourth-order valence-electron chi connectivity index (χ4n) is 3.48. The Balaban J connectivity index is 1.65. The first-order chi connectivity index (χ1) is 12.9. The third kappa shape index (κ3) is 4.87. The van der Waals surface area contributed by atoms with Crippen molar-refractivity contribution >= 4 is 29.1 Å². The molecule has 5 nitrogen and oxygen atoms in total. The molecule has 0 bridgehead atoms. The van der Waals surface area contributed by atoms with E-state index in [1.54, 1.807) is 38.4 Å². The highest BCUT2D eigenvalue weighted by molar-refractivity contribution is 6.30. The summed E-state index contributed by atoms with van der Waals surface area (Å²) in [4.78, 5) is 28.3. The molecular formula is C21H24ClN3O2. The molecule has 0 spiro atoms. The Morgan fingerprint density at radius 2 is 1.96 bits per heavy atom. The smallest absolute Gasteiger partial charge is 0.253 e. The molecule has 142 valence electrons. The van der Waals surface area contributed by atoms with Crippen LogP contribution in [-0.4, -0.2) is 48.8 Å². The van der Waals surface area contributed by atoms with Crippen LogP contribution in [0.15, 0.2) is 48.5 Å². The van der Waals surface area contributed by atoms with Gasteiger partial charge in [0.25, 0.3) is 5.91 Å². The summed E-state index contributed by atoms with van der Waals surface area (Å²) in [6.07, 6.45) is 2.07. The number of carbonyl (C=O) groups excluding carboxylic acids is 2. The first kappa shape index (κ1) is 19.4. The summed E-state index contributed by atoms with van der Waals surface area (Å²) in [6.45, 7) is 1.19. The second-order valence-electron chi connectivity index (χ2n) is 7.01. The normalized spacial score (nSPS) is 16.9. The number of hydrogen-bond donors (Lipinski definition) is 1. The Labute approximate surface area is 164 Å². The zero-order valence-corrected chi connectivity index (χ0v) is 16.4. The Morgan fingerprint density at radius 3 is 2.70 bits per heavy atom. The zero-order chi connectivity index (χ0) is 19.4. The molecule has 6 heteroatoms. The number of carbonyl (C=O) groups is 2. The number of benzene rings is 2. The van der Waals surface area contributed by atoms with Crippen LogP contribution in [0.5, 0.6) is 0 Å². The molecule has 1 fully saturated rings. The average Bonchev–Trinajstić information content (AvgIpc) is 3.09. The number of anilines is 1. The Kier molecular flexibility index (Phi) is 6.14. The second-order valence-corrected chi connectivity index (χ2v) is 7.45. The lowest BCUT2D eigenvalue weighted by atomic mass is 10.0. The minimum atomic E-state index is -0.0911. The van der Waals surface area contributed by atoms with Gasteiger partial charge in [0.15, 0.2) is 0 Å². The quantitative estimate of drug-likeness (QED) is 0.851. The van der Waals surface area contributed by atoms with Crippen LogP contribution in [0, 0.1) is 0 Å². The van der Waals surface area contributed by atoms with E-state index < -0.39 is 0 Å². The van der Waals surface area contributed by atoms with Crippen molar-refractivity contribution in [2.45, 2.75) is 18.9 Å². The van der Waals surface area contributed by atoms with Gasteiger partial charge in [-0.2, -0.15) is 0 Å². The van der Waals surface area contributed by atoms with Crippen LogP contribution in [0.1, 0.15) is 34.8 Å². The highest BCUT2D eigenvalue weighted by Gasteiger charge is 2.27. The van der Waals surface area contributed by atoms with Crippen LogP contribution in [0.2, 0.25) is 5.02 Å². The van der Waals surface area contributed by atoms with E-state index in [1.165, 1.54) is 4.90 Å². The van der Waals surface area contributed by atoms with E-state index in [9.17, 15) is 9.59 Å². The van der Waals surface area contributed by atoms with E-state index in [0.717, 1.165) is 24.9 Å². The van der Waals surface area contributed by atoms with Gasteiger partial charge in [-0.1, -0.05) is 29.8 Å². The van der Waals surface area contributed by atoms with Crippen LogP contribution in [0.4, 0.5) is 5.69 Å². The number of amides is 2. The van der Waals surface area contributed by atoms with Crippen LogP contribution < -0.4 is 5.32 Å². The molecular weight excluding hydrogens is 362 g/mol. The summed E-state index contributed by atoms with van der Waals surface area (Å²) >= 11 is 6.12. The number of nitrogens with zero attached hydrogens (tertiary/aromatic N) is 2. The predicted molar refractivity (Wildman–Crippen MR) is 108 cm³/mol. The fourth-order valence-corrected chi connectivity index (χ4v) is 3.68. The van der Waals surface area contributed by atoms with Gasteiger partial charge in [0.1, 0.15) is 0 Å². The molecule has 27 heavy (non-hydrogen) atoms. The van der Waals surface area contributed by atoms with Gasteiger partial charge < -0.3 is 10.2 Å². The molecule has 1 heterocycles. The van der Waals surface area contributed by atoms with Crippen molar-refractivity contribution in [3.63, 3.8) is 0 Å². The van der Waals surface area contributed by atoms with E-state index in [2.05, 4.69) is 16.3 Å². The molecule has 1 N–H and O–H groups in total. The molecule has 0 saturated carbocycles. The molecule has 2 aromatic rings. The molecule has 1 atom stereocenters. The monoisotopic (exact) mass is 385 g/mol. The largest absolute Gasteiger partial charge is 0.345 e. The van der Waals surface area contributed by atoms with Gasteiger partial charge in [0.05, 0.1) is 6.54 Å². The first-order valence-electron chi connectivity index (χ1n) is 9.05. The molecule has 1 aliphatic heterocycles. The Hall–Kier alpha value is -2.37. The van der Waals surface area contributed by atoms with E-state index >= 15 is 0 Å². The average molecular weight is 386 g/mol. The molecule has 0 aromatic heterocycles. The van der Waals surface area contributed by atoms with Crippen molar-refractivity contribution in [2.75, 3.05) is 32.5 Å². The third-order valence-corrected chi connectivity index (χ3v) is 4.98. The fraction of sp³-hybridized carbons (Fsp3) is 0.333. The predicted octanol–water partition coefficient (Wildman–Crippen LogP) is 3.82. The molecule has 2 aromatic carbocycles. The lowest BCUT2D eigenvalue weighted by Crippen LogP contribution is -2.33. The number of halogens is 1. The van der Waals surface area contributed by atoms with Crippen molar-refractivity contribution in [3.8, 4) is 0 Å². The maximum atomic E-state index is 12.6. The molecule has 1 unspecified atom stereocenters. The highest BCUT2D eigenvalue weighted by Crippen LogP contribution is 2.32. The summed E-state index contributed by atoms with van der Waals surface area (Å²) in [5.74, 6) is -0.176. The molecule has 0 radical (unpaired) electrons. The molecule has 2 amide bonds. The number of rotatable bonds is 5. The van der Waals surface area contributed by atoms with Crippen LogP contribution in [0.3, 0.4) is 0 Å². The topological polar surface area (TPSA) is 52.7 Å². The Morgan fingerprint density at radius 1 is 1.19 bits per heavy atom. The van der Waals surface area contributed by atoms with Crippen LogP contribution in [0.25, 0.3) is 0 Å². The summed E-state index contributed by atoms with van der Waals surface area (Å²) < 4.78 is 0. The van der Waals surface area contributed by atoms with Crippen LogP contribution in [-0.2, 0) is 4.79 Å². The highest BCUT2D eigenvalue weighted by atomic mass is 35.5. The van der Waals surface area contributed by atoms with Gasteiger partial charge in [-0.15, -0.1) is 0 Å². The summed E-state index contributed by atoms with van der Waals surface area (Å²) in [6, 6.07) is 15.1. The van der Waals surface area contributed by atoms with Gasteiger partial charge in [-0.05, 0) is 55.3 Å². The molecule has 3 rings (SSSR count). The molecule has 1 aliphatic rings. The van der Waals surface area contributed by atoms with Crippen molar-refractivity contribution in [1.29, 1.82) is 0 Å². The first-order valence-corrected chi connectivity index (χ1v) is 9.43. The van der Waals surface area contributed by atoms with E-state index in [4.69, 9.17) is 11.6 Å². The lowest BCUT2D eigenvalue weighted by molar-refractivity contribution is -0.117. The van der Waals surface area contributed by atoms with Crippen LogP contribution >= 0.6 is 11.6 Å². The summed E-state index contributed by atoms with van der Waals surface area (Å²) in [5, 5.41) is 3.62. The van der Waals surface area contributed by atoms with E-state index in [1.807, 2.05) is 18.2 Å². The summed E-state index contributed by atoms with van der Waals surface area (Å²) in [7, 11) is 3.41. The van der Waals surface area contributed by atoms with Crippen molar-refractivity contribution < 1.29 is 9.59 Å². The third-order valence-electron chi connectivity index (χ3n) is 4.74. The Bertz CT molecular complexity index is 838. The van der Waals surface area contributed by atoms with Crippen molar-refractivity contribution in [2.24, 2.45) is 0 Å². The minimum Gasteiger partial charge on any atom is -0.345 e.